The van der Waals surface area contributed by atoms with Crippen LogP contribution in [0.1, 0.15) is 5.56 Å². The maximum Gasteiger partial charge on any atom is 0.243 e. The minimum atomic E-state index is -3.50. The van der Waals surface area contributed by atoms with Gasteiger partial charge in [-0.2, -0.15) is 4.31 Å². The summed E-state index contributed by atoms with van der Waals surface area (Å²) < 4.78 is 32.3. The number of nitrogens with zero attached hydrogens (tertiary/aromatic N) is 2. The maximum absolute atomic E-state index is 12.8. The Morgan fingerprint density at radius 1 is 1.04 bits per heavy atom. The van der Waals surface area contributed by atoms with E-state index in [9.17, 15) is 8.42 Å². The van der Waals surface area contributed by atoms with Crippen LogP contribution in [-0.2, 0) is 21.3 Å². The van der Waals surface area contributed by atoms with Crippen molar-refractivity contribution in [1.82, 2.24) is 9.29 Å². The van der Waals surface area contributed by atoms with Gasteiger partial charge in [0, 0.05) is 36.9 Å². The fourth-order valence-corrected chi connectivity index (χ4v) is 4.57. The van der Waals surface area contributed by atoms with E-state index in [-0.39, 0.29) is 0 Å². The van der Waals surface area contributed by atoms with E-state index in [1.54, 1.807) is 18.2 Å². The van der Waals surface area contributed by atoms with E-state index < -0.39 is 10.0 Å². The lowest BCUT2D eigenvalue weighted by Gasteiger charge is -2.26. The molecule has 3 aromatic rings. The van der Waals surface area contributed by atoms with Crippen LogP contribution in [0.3, 0.4) is 0 Å². The van der Waals surface area contributed by atoms with Crippen LogP contribution in [0, 0.1) is 0 Å². The lowest BCUT2D eigenvalue weighted by atomic mass is 10.1. The van der Waals surface area contributed by atoms with E-state index in [1.807, 2.05) is 36.5 Å². The monoisotopic (exact) mass is 383 g/mol. The van der Waals surface area contributed by atoms with Gasteiger partial charge in [-0.1, -0.05) is 24.3 Å². The van der Waals surface area contributed by atoms with E-state index >= 15 is 0 Å². The SMILES string of the molecule is O=S(=O)(c1cccc(NCc2cnc3ccccc3c2)c1)N1CCOCC1. The minimum absolute atomic E-state index is 0.297. The molecule has 0 amide bonds. The van der Waals surface area contributed by atoms with E-state index in [4.69, 9.17) is 4.74 Å². The molecule has 1 N–H and O–H groups in total. The molecular formula is C20H21N3O3S. The third-order valence-electron chi connectivity index (χ3n) is 4.59. The number of pyridine rings is 1. The molecule has 1 aliphatic heterocycles. The van der Waals surface area contributed by atoms with Crippen LogP contribution in [-0.4, -0.2) is 44.0 Å². The van der Waals surface area contributed by atoms with Crippen LogP contribution in [0.15, 0.2) is 65.7 Å². The number of aromatic nitrogens is 1. The van der Waals surface area contributed by atoms with Gasteiger partial charge >= 0.3 is 0 Å². The predicted octanol–water partition coefficient (Wildman–Crippen LogP) is 2.87. The number of para-hydroxylation sites is 1. The summed E-state index contributed by atoms with van der Waals surface area (Å²) >= 11 is 0. The molecule has 0 atom stereocenters. The average Bonchev–Trinajstić information content (AvgIpc) is 2.73. The van der Waals surface area contributed by atoms with Gasteiger partial charge in [-0.3, -0.25) is 4.98 Å². The lowest BCUT2D eigenvalue weighted by Crippen LogP contribution is -2.40. The van der Waals surface area contributed by atoms with Gasteiger partial charge in [0.25, 0.3) is 0 Å². The average molecular weight is 383 g/mol. The highest BCUT2D eigenvalue weighted by molar-refractivity contribution is 7.89. The Hall–Kier alpha value is -2.48. The van der Waals surface area contributed by atoms with Crippen LogP contribution in [0.2, 0.25) is 0 Å². The largest absolute Gasteiger partial charge is 0.381 e. The zero-order chi connectivity index (χ0) is 18.7. The van der Waals surface area contributed by atoms with Crippen LogP contribution in [0.5, 0.6) is 0 Å². The third-order valence-corrected chi connectivity index (χ3v) is 6.48. The molecule has 0 spiro atoms. The van der Waals surface area contributed by atoms with Gasteiger partial charge in [0.2, 0.25) is 10.0 Å². The summed E-state index contributed by atoms with van der Waals surface area (Å²) in [5.74, 6) is 0. The van der Waals surface area contributed by atoms with Crippen molar-refractivity contribution in [3.05, 3.63) is 66.4 Å². The van der Waals surface area contributed by atoms with Crippen molar-refractivity contribution in [3.63, 3.8) is 0 Å². The normalized spacial score (nSPS) is 15.7. The number of morpholine rings is 1. The minimum Gasteiger partial charge on any atom is -0.381 e. The summed E-state index contributed by atoms with van der Waals surface area (Å²) in [5.41, 5.74) is 2.76. The Bertz CT molecular complexity index is 1050. The number of sulfonamides is 1. The number of ether oxygens (including phenoxy) is 1. The zero-order valence-corrected chi connectivity index (χ0v) is 15.7. The first-order valence-corrected chi connectivity index (χ1v) is 10.3. The summed E-state index contributed by atoms with van der Waals surface area (Å²) in [6.07, 6.45) is 1.84. The Labute approximate surface area is 158 Å². The summed E-state index contributed by atoms with van der Waals surface area (Å²) in [6.45, 7) is 2.22. The van der Waals surface area contributed by atoms with Crippen molar-refractivity contribution >= 4 is 26.6 Å². The molecule has 4 rings (SSSR count). The molecule has 2 aromatic carbocycles. The standard InChI is InChI=1S/C20H21N3O3S/c24-27(25,23-8-10-26-11-9-23)19-6-3-5-18(13-19)21-14-16-12-17-4-1-2-7-20(17)22-15-16/h1-7,12-13,15,21H,8-11,14H2. The summed E-state index contributed by atoms with van der Waals surface area (Å²) in [4.78, 5) is 4.75. The predicted molar refractivity (Wildman–Crippen MR) is 105 cm³/mol. The molecule has 1 aromatic heterocycles. The van der Waals surface area contributed by atoms with Crippen molar-refractivity contribution in [3.8, 4) is 0 Å². The summed E-state index contributed by atoms with van der Waals surface area (Å²) in [5, 5.41) is 4.38. The molecule has 27 heavy (non-hydrogen) atoms. The third kappa shape index (κ3) is 3.95. The Morgan fingerprint density at radius 2 is 1.85 bits per heavy atom. The molecular weight excluding hydrogens is 362 g/mol. The van der Waals surface area contributed by atoms with Crippen LogP contribution >= 0.6 is 0 Å². The molecule has 0 aliphatic carbocycles. The van der Waals surface area contributed by atoms with Gasteiger partial charge in [-0.15, -0.1) is 0 Å². The van der Waals surface area contributed by atoms with Crippen molar-refractivity contribution in [2.24, 2.45) is 0 Å². The first-order chi connectivity index (χ1) is 13.1. The van der Waals surface area contributed by atoms with E-state index in [0.29, 0.717) is 37.7 Å². The van der Waals surface area contributed by atoms with E-state index in [2.05, 4.69) is 16.4 Å². The van der Waals surface area contributed by atoms with Crippen LogP contribution < -0.4 is 5.32 Å². The molecule has 140 valence electrons. The molecule has 0 radical (unpaired) electrons. The van der Waals surface area contributed by atoms with Crippen LogP contribution in [0.25, 0.3) is 10.9 Å². The molecule has 2 heterocycles. The number of fused-ring (bicyclic) bond motifs is 1. The molecule has 0 saturated carbocycles. The number of nitrogens with one attached hydrogen (secondary N) is 1. The number of rotatable bonds is 5. The molecule has 7 heteroatoms. The van der Waals surface area contributed by atoms with Crippen molar-refractivity contribution < 1.29 is 13.2 Å². The van der Waals surface area contributed by atoms with Gasteiger partial charge in [-0.25, -0.2) is 8.42 Å². The second-order valence-corrected chi connectivity index (χ2v) is 8.37. The molecule has 0 bridgehead atoms. The first-order valence-electron chi connectivity index (χ1n) is 8.88. The van der Waals surface area contributed by atoms with Crippen molar-refractivity contribution in [1.29, 1.82) is 0 Å². The number of hydrogen-bond donors (Lipinski definition) is 1. The zero-order valence-electron chi connectivity index (χ0n) is 14.8. The van der Waals surface area contributed by atoms with Gasteiger partial charge in [0.05, 0.1) is 23.6 Å². The van der Waals surface area contributed by atoms with Gasteiger partial charge in [-0.05, 0) is 35.9 Å². The first kappa shape index (κ1) is 17.9. The van der Waals surface area contributed by atoms with Gasteiger partial charge in [0.1, 0.15) is 0 Å². The quantitative estimate of drug-likeness (QED) is 0.734. The second kappa shape index (κ2) is 7.64. The molecule has 6 nitrogen and oxygen atoms in total. The number of anilines is 1. The fourth-order valence-electron chi connectivity index (χ4n) is 3.12. The van der Waals surface area contributed by atoms with E-state index in [1.165, 1.54) is 4.31 Å². The highest BCUT2D eigenvalue weighted by Crippen LogP contribution is 2.21. The Balaban J connectivity index is 1.50. The highest BCUT2D eigenvalue weighted by atomic mass is 32.2. The summed E-state index contributed by atoms with van der Waals surface area (Å²) in [7, 11) is -3.50. The Kier molecular flexibility index (Phi) is 5.07. The molecule has 1 saturated heterocycles. The summed E-state index contributed by atoms with van der Waals surface area (Å²) in [6, 6.07) is 17.0. The fraction of sp³-hybridized carbons (Fsp3) is 0.250. The van der Waals surface area contributed by atoms with Gasteiger partial charge < -0.3 is 10.1 Å². The van der Waals surface area contributed by atoms with Gasteiger partial charge in [0.15, 0.2) is 0 Å². The van der Waals surface area contributed by atoms with Crippen molar-refractivity contribution in [2.75, 3.05) is 31.6 Å². The lowest BCUT2D eigenvalue weighted by molar-refractivity contribution is 0.0730. The number of benzene rings is 2. The number of hydrogen-bond acceptors (Lipinski definition) is 5. The molecule has 1 aliphatic rings. The molecule has 1 fully saturated rings. The smallest absolute Gasteiger partial charge is 0.243 e. The maximum atomic E-state index is 12.8. The topological polar surface area (TPSA) is 71.5 Å². The van der Waals surface area contributed by atoms with E-state index in [0.717, 1.165) is 22.2 Å². The highest BCUT2D eigenvalue weighted by Gasteiger charge is 2.26. The van der Waals surface area contributed by atoms with Crippen LogP contribution in [0.4, 0.5) is 5.69 Å². The molecule has 0 unspecified atom stereocenters. The Morgan fingerprint density at radius 3 is 2.70 bits per heavy atom. The van der Waals surface area contributed by atoms with Crippen molar-refractivity contribution in [2.45, 2.75) is 11.4 Å². The second-order valence-electron chi connectivity index (χ2n) is 6.43.